The highest BCUT2D eigenvalue weighted by Crippen LogP contribution is 2.21. The van der Waals surface area contributed by atoms with Crippen LogP contribution in [0.15, 0.2) is 71.5 Å². The van der Waals surface area contributed by atoms with E-state index in [1.54, 1.807) is 67.8 Å². The number of nitrogens with one attached hydrogen (secondary N) is 1. The Kier molecular flexibility index (Phi) is 6.03. The summed E-state index contributed by atoms with van der Waals surface area (Å²) in [4.78, 5) is 36.1. The number of hydrogen-bond acceptors (Lipinski definition) is 5. The molecule has 0 unspecified atom stereocenters. The number of nitrogens with zero attached hydrogens (tertiary/aromatic N) is 2. The molecule has 0 spiro atoms. The van der Waals surface area contributed by atoms with Crippen molar-refractivity contribution in [3.05, 3.63) is 82.6 Å². The third-order valence-corrected chi connectivity index (χ3v) is 4.21. The molecule has 29 heavy (non-hydrogen) atoms. The molecule has 8 nitrogen and oxygen atoms in total. The van der Waals surface area contributed by atoms with Crippen LogP contribution in [0.4, 0.5) is 0 Å². The lowest BCUT2D eigenvalue weighted by Crippen LogP contribution is -2.38. The van der Waals surface area contributed by atoms with Crippen LogP contribution in [-0.4, -0.2) is 33.9 Å². The third-order valence-electron chi connectivity index (χ3n) is 4.21. The highest BCUT2D eigenvalue weighted by Gasteiger charge is 2.22. The van der Waals surface area contributed by atoms with Crippen molar-refractivity contribution in [3.63, 3.8) is 0 Å². The van der Waals surface area contributed by atoms with Gasteiger partial charge in [0.1, 0.15) is 12.3 Å². The van der Waals surface area contributed by atoms with Crippen LogP contribution in [0.1, 0.15) is 11.6 Å². The van der Waals surface area contributed by atoms with Crippen molar-refractivity contribution in [2.45, 2.75) is 12.6 Å². The van der Waals surface area contributed by atoms with Crippen LogP contribution in [0, 0.1) is 0 Å². The molecule has 1 amide bonds. The van der Waals surface area contributed by atoms with Gasteiger partial charge in [-0.3, -0.25) is 9.59 Å². The van der Waals surface area contributed by atoms with Crippen molar-refractivity contribution in [1.82, 2.24) is 15.1 Å². The van der Waals surface area contributed by atoms with Gasteiger partial charge in [-0.15, -0.1) is 0 Å². The lowest BCUT2D eigenvalue weighted by atomic mass is 10.1. The van der Waals surface area contributed by atoms with Crippen LogP contribution in [0.5, 0.6) is 5.75 Å². The molecule has 1 heterocycles. The first-order valence-corrected chi connectivity index (χ1v) is 8.77. The van der Waals surface area contributed by atoms with Gasteiger partial charge in [-0.05, 0) is 23.8 Å². The summed E-state index contributed by atoms with van der Waals surface area (Å²) < 4.78 is 6.18. The molecule has 2 aromatic carbocycles. The van der Waals surface area contributed by atoms with E-state index in [0.717, 1.165) is 4.68 Å². The second-order valence-electron chi connectivity index (χ2n) is 6.20. The second-order valence-corrected chi connectivity index (χ2v) is 6.20. The van der Waals surface area contributed by atoms with E-state index in [4.69, 9.17) is 4.74 Å². The Labute approximate surface area is 166 Å². The highest BCUT2D eigenvalue weighted by atomic mass is 16.5. The van der Waals surface area contributed by atoms with Gasteiger partial charge in [-0.25, -0.2) is 9.48 Å². The van der Waals surface area contributed by atoms with Gasteiger partial charge in [0.05, 0.1) is 12.8 Å². The molecular formula is C21H19N3O5. The smallest absolute Gasteiger partial charge is 0.330 e. The molecule has 0 aliphatic heterocycles. The second kappa shape index (κ2) is 8.83. The van der Waals surface area contributed by atoms with Gasteiger partial charge in [0.25, 0.3) is 5.56 Å². The topological polar surface area (TPSA) is 111 Å². The monoisotopic (exact) mass is 393 g/mol. The van der Waals surface area contributed by atoms with Crippen LogP contribution in [0.2, 0.25) is 0 Å². The molecule has 2 N–H and O–H groups in total. The van der Waals surface area contributed by atoms with Crippen LogP contribution >= 0.6 is 0 Å². The predicted octanol–water partition coefficient (Wildman–Crippen LogP) is 1.86. The molecule has 0 radical (unpaired) electrons. The van der Waals surface area contributed by atoms with E-state index in [1.165, 1.54) is 6.07 Å². The number of carbonyl (C=O) groups is 2. The summed E-state index contributed by atoms with van der Waals surface area (Å²) in [6.07, 6.45) is 0. The van der Waals surface area contributed by atoms with Gasteiger partial charge >= 0.3 is 5.97 Å². The molecule has 8 heteroatoms. The molecule has 0 aliphatic rings. The number of methoxy groups -OCH3 is 1. The first-order valence-electron chi connectivity index (χ1n) is 8.77. The Balaban J connectivity index is 1.81. The fraction of sp³-hybridized carbons (Fsp3) is 0.143. The maximum Gasteiger partial charge on any atom is 0.330 e. The largest absolute Gasteiger partial charge is 0.497 e. The number of carbonyl (C=O) groups excluding carboxylic acids is 1. The number of ether oxygens (including phenoxy) is 1. The molecule has 3 rings (SSSR count). The van der Waals surface area contributed by atoms with Gasteiger partial charge in [-0.1, -0.05) is 42.5 Å². The van der Waals surface area contributed by atoms with Gasteiger partial charge in [0.15, 0.2) is 6.04 Å². The molecule has 3 aromatic rings. The standard InChI is InChI=1S/C21H19N3O5/c1-29-16-9-5-8-15(12-16)17-10-11-19(26)24(23-17)13-18(25)22-20(21(27)28)14-6-3-2-4-7-14/h2-12,20H,13H2,1H3,(H,22,25)(H,27,28)/t20-/m0/s1. The van der Waals surface area contributed by atoms with Crippen molar-refractivity contribution >= 4 is 11.9 Å². The predicted molar refractivity (Wildman–Crippen MR) is 105 cm³/mol. The SMILES string of the molecule is COc1cccc(-c2ccc(=O)n(CC(=O)N[C@H](C(=O)O)c3ccccc3)n2)c1. The molecule has 0 fully saturated rings. The number of aromatic nitrogens is 2. The Morgan fingerprint density at radius 1 is 1.10 bits per heavy atom. The summed E-state index contributed by atoms with van der Waals surface area (Å²) in [5, 5.41) is 16.1. The summed E-state index contributed by atoms with van der Waals surface area (Å²) in [6, 6.07) is 17.1. The third kappa shape index (κ3) is 4.86. The van der Waals surface area contributed by atoms with E-state index >= 15 is 0 Å². The zero-order chi connectivity index (χ0) is 20.8. The molecule has 148 valence electrons. The van der Waals surface area contributed by atoms with E-state index < -0.39 is 30.0 Å². The van der Waals surface area contributed by atoms with E-state index in [2.05, 4.69) is 10.4 Å². The average molecular weight is 393 g/mol. The lowest BCUT2D eigenvalue weighted by molar-refractivity contribution is -0.142. The molecule has 1 aromatic heterocycles. The molecule has 0 aliphatic carbocycles. The first kappa shape index (κ1) is 19.8. The van der Waals surface area contributed by atoms with Crippen LogP contribution in [-0.2, 0) is 16.1 Å². The zero-order valence-electron chi connectivity index (χ0n) is 15.6. The minimum absolute atomic E-state index is 0.409. The summed E-state index contributed by atoms with van der Waals surface area (Å²) in [5.41, 5.74) is 1.15. The highest BCUT2D eigenvalue weighted by molar-refractivity contribution is 5.84. The molecule has 1 atom stereocenters. The number of hydrogen-bond donors (Lipinski definition) is 2. The van der Waals surface area contributed by atoms with E-state index in [-0.39, 0.29) is 0 Å². The lowest BCUT2D eigenvalue weighted by Gasteiger charge is -2.15. The number of amides is 1. The first-order chi connectivity index (χ1) is 14.0. The minimum Gasteiger partial charge on any atom is -0.497 e. The van der Waals surface area contributed by atoms with Gasteiger partial charge in [-0.2, -0.15) is 5.10 Å². The number of carboxylic acids is 1. The van der Waals surface area contributed by atoms with Crippen molar-refractivity contribution in [1.29, 1.82) is 0 Å². The van der Waals surface area contributed by atoms with Gasteiger partial charge < -0.3 is 15.2 Å². The fourth-order valence-electron chi connectivity index (χ4n) is 2.77. The van der Waals surface area contributed by atoms with E-state index in [9.17, 15) is 19.5 Å². The normalized spacial score (nSPS) is 11.5. The molecule has 0 bridgehead atoms. The van der Waals surface area contributed by atoms with Crippen molar-refractivity contribution < 1.29 is 19.4 Å². The fourth-order valence-corrected chi connectivity index (χ4v) is 2.77. The molecular weight excluding hydrogens is 374 g/mol. The van der Waals surface area contributed by atoms with Gasteiger partial charge in [0, 0.05) is 11.6 Å². The van der Waals surface area contributed by atoms with Crippen LogP contribution in [0.25, 0.3) is 11.3 Å². The molecule has 0 saturated heterocycles. The zero-order valence-corrected chi connectivity index (χ0v) is 15.6. The summed E-state index contributed by atoms with van der Waals surface area (Å²) in [6.45, 7) is -0.409. The quantitative estimate of drug-likeness (QED) is 0.634. The maximum atomic E-state index is 12.4. The summed E-state index contributed by atoms with van der Waals surface area (Å²) in [5.74, 6) is -1.21. The van der Waals surface area contributed by atoms with Crippen molar-refractivity contribution in [2.24, 2.45) is 0 Å². The number of carboxylic acid groups (broad SMARTS) is 1. The number of benzene rings is 2. The van der Waals surface area contributed by atoms with Crippen LogP contribution < -0.4 is 15.6 Å². The molecule has 0 saturated carbocycles. The Morgan fingerprint density at radius 3 is 2.55 bits per heavy atom. The summed E-state index contributed by atoms with van der Waals surface area (Å²) >= 11 is 0. The summed E-state index contributed by atoms with van der Waals surface area (Å²) in [7, 11) is 1.55. The average Bonchev–Trinajstić information content (AvgIpc) is 2.74. The number of aliphatic carboxylic acids is 1. The van der Waals surface area contributed by atoms with E-state index in [1.807, 2.05) is 0 Å². The number of rotatable bonds is 7. The van der Waals surface area contributed by atoms with Crippen molar-refractivity contribution in [2.75, 3.05) is 7.11 Å². The van der Waals surface area contributed by atoms with E-state index in [0.29, 0.717) is 22.6 Å². The Bertz CT molecular complexity index is 1080. The van der Waals surface area contributed by atoms with Crippen molar-refractivity contribution in [3.8, 4) is 17.0 Å². The van der Waals surface area contributed by atoms with Gasteiger partial charge in [0.2, 0.25) is 5.91 Å². The Hall–Kier alpha value is -3.94. The Morgan fingerprint density at radius 2 is 1.86 bits per heavy atom. The van der Waals surface area contributed by atoms with Crippen LogP contribution in [0.3, 0.4) is 0 Å². The minimum atomic E-state index is -1.22. The maximum absolute atomic E-state index is 12.4.